The summed E-state index contributed by atoms with van der Waals surface area (Å²) in [6.45, 7) is 0. The maximum atomic E-state index is 11.9. The Morgan fingerprint density at radius 2 is 1.58 bits per heavy atom. The fraction of sp³-hybridized carbons (Fsp3) is 0.211. The van der Waals surface area contributed by atoms with E-state index in [0.29, 0.717) is 11.5 Å². The molecule has 3 rings (SSSR count). The van der Waals surface area contributed by atoms with E-state index < -0.39 is 17.8 Å². The van der Waals surface area contributed by atoms with Crippen LogP contribution in [0.25, 0.3) is 11.1 Å². The second-order valence-corrected chi connectivity index (χ2v) is 5.61. The molecule has 0 unspecified atom stereocenters. The van der Waals surface area contributed by atoms with E-state index in [1.807, 2.05) is 54.6 Å². The van der Waals surface area contributed by atoms with Gasteiger partial charge < -0.3 is 4.84 Å². The molecule has 0 atom stereocenters. The number of nitrogens with zero attached hydrogens (tertiary/aromatic N) is 1. The van der Waals surface area contributed by atoms with Gasteiger partial charge in [-0.05, 0) is 23.1 Å². The molecular formula is C19H17NO4. The lowest BCUT2D eigenvalue weighted by atomic mass is 10.0. The summed E-state index contributed by atoms with van der Waals surface area (Å²) in [7, 11) is 0. The minimum absolute atomic E-state index is 0.102. The van der Waals surface area contributed by atoms with Gasteiger partial charge in [0, 0.05) is 12.8 Å². The van der Waals surface area contributed by atoms with Crippen LogP contribution >= 0.6 is 0 Å². The number of hydrogen-bond acceptors (Lipinski definition) is 4. The molecule has 5 heteroatoms. The highest BCUT2D eigenvalue weighted by atomic mass is 16.7. The highest BCUT2D eigenvalue weighted by Crippen LogP contribution is 2.21. The summed E-state index contributed by atoms with van der Waals surface area (Å²) in [5, 5.41) is 0.586. The zero-order valence-corrected chi connectivity index (χ0v) is 13.1. The monoisotopic (exact) mass is 323 g/mol. The Hall–Kier alpha value is -2.95. The van der Waals surface area contributed by atoms with Gasteiger partial charge in [-0.15, -0.1) is 5.06 Å². The van der Waals surface area contributed by atoms with Crippen LogP contribution in [0.4, 0.5) is 0 Å². The van der Waals surface area contributed by atoms with Crippen molar-refractivity contribution in [1.82, 2.24) is 5.06 Å². The highest BCUT2D eigenvalue weighted by molar-refractivity contribution is 6.01. The van der Waals surface area contributed by atoms with E-state index in [0.717, 1.165) is 16.7 Å². The zero-order chi connectivity index (χ0) is 16.9. The molecule has 2 aromatic carbocycles. The minimum atomic E-state index is -0.580. The van der Waals surface area contributed by atoms with E-state index in [1.165, 1.54) is 0 Å². The Morgan fingerprint density at radius 3 is 2.29 bits per heavy atom. The number of hydroxylamine groups is 2. The normalized spacial score (nSPS) is 14.1. The quantitative estimate of drug-likeness (QED) is 0.794. The average Bonchev–Trinajstić information content (AvgIpc) is 2.93. The SMILES string of the molecule is O=C(CCc1cccc(-c2ccccc2)c1)ON1C(=O)CCC1=O. The Labute approximate surface area is 139 Å². The lowest BCUT2D eigenvalue weighted by Crippen LogP contribution is -2.32. The lowest BCUT2D eigenvalue weighted by Gasteiger charge is -2.12. The van der Waals surface area contributed by atoms with Crippen LogP contribution in [0.2, 0.25) is 0 Å². The van der Waals surface area contributed by atoms with Crippen molar-refractivity contribution in [2.24, 2.45) is 0 Å². The van der Waals surface area contributed by atoms with Crippen LogP contribution in [0, 0.1) is 0 Å². The molecule has 0 saturated carbocycles. The molecule has 0 bridgehead atoms. The molecule has 0 aromatic heterocycles. The van der Waals surface area contributed by atoms with Crippen LogP contribution < -0.4 is 0 Å². The fourth-order valence-corrected chi connectivity index (χ4v) is 2.59. The minimum Gasteiger partial charge on any atom is -0.330 e. The van der Waals surface area contributed by atoms with Crippen molar-refractivity contribution < 1.29 is 19.2 Å². The summed E-state index contributed by atoms with van der Waals surface area (Å²) in [5.74, 6) is -1.50. The van der Waals surface area contributed by atoms with Crippen LogP contribution in [0.15, 0.2) is 54.6 Å². The standard InChI is InChI=1S/C19H17NO4/c21-17-10-11-18(22)20(17)24-19(23)12-9-14-5-4-8-16(13-14)15-6-2-1-3-7-15/h1-8,13H,9-12H2. The number of carbonyl (C=O) groups is 3. The van der Waals surface area contributed by atoms with Crippen LogP contribution in [0.3, 0.4) is 0 Å². The van der Waals surface area contributed by atoms with Gasteiger partial charge in [0.2, 0.25) is 0 Å². The van der Waals surface area contributed by atoms with Crippen molar-refractivity contribution in [3.8, 4) is 11.1 Å². The number of carbonyl (C=O) groups excluding carboxylic acids is 3. The molecule has 0 N–H and O–H groups in total. The third-order valence-corrected chi connectivity index (χ3v) is 3.85. The smallest absolute Gasteiger partial charge is 0.330 e. The van der Waals surface area contributed by atoms with Crippen LogP contribution in [-0.4, -0.2) is 22.8 Å². The zero-order valence-electron chi connectivity index (χ0n) is 13.1. The van der Waals surface area contributed by atoms with Gasteiger partial charge in [0.25, 0.3) is 11.8 Å². The topological polar surface area (TPSA) is 63.7 Å². The Bertz CT molecular complexity index is 754. The second-order valence-electron chi connectivity index (χ2n) is 5.61. The van der Waals surface area contributed by atoms with Gasteiger partial charge in [0.1, 0.15) is 0 Å². The first-order valence-corrected chi connectivity index (χ1v) is 7.84. The van der Waals surface area contributed by atoms with Gasteiger partial charge in [-0.3, -0.25) is 9.59 Å². The summed E-state index contributed by atoms with van der Waals surface area (Å²) < 4.78 is 0. The van der Waals surface area contributed by atoms with E-state index in [-0.39, 0.29) is 19.3 Å². The molecule has 1 aliphatic heterocycles. The van der Waals surface area contributed by atoms with Crippen molar-refractivity contribution in [2.45, 2.75) is 25.7 Å². The summed E-state index contributed by atoms with van der Waals surface area (Å²) >= 11 is 0. The average molecular weight is 323 g/mol. The van der Waals surface area contributed by atoms with Crippen molar-refractivity contribution in [2.75, 3.05) is 0 Å². The third-order valence-electron chi connectivity index (χ3n) is 3.85. The van der Waals surface area contributed by atoms with Gasteiger partial charge in [0.15, 0.2) is 0 Å². The molecule has 1 aliphatic rings. The fourth-order valence-electron chi connectivity index (χ4n) is 2.59. The number of aryl methyl sites for hydroxylation is 1. The van der Waals surface area contributed by atoms with Gasteiger partial charge in [-0.1, -0.05) is 54.6 Å². The Morgan fingerprint density at radius 1 is 0.917 bits per heavy atom. The third kappa shape index (κ3) is 3.68. The number of benzene rings is 2. The molecule has 0 radical (unpaired) electrons. The van der Waals surface area contributed by atoms with Gasteiger partial charge >= 0.3 is 5.97 Å². The molecule has 1 fully saturated rings. The molecule has 24 heavy (non-hydrogen) atoms. The first kappa shape index (κ1) is 15.9. The highest BCUT2D eigenvalue weighted by Gasteiger charge is 2.32. The van der Waals surface area contributed by atoms with E-state index in [9.17, 15) is 14.4 Å². The molecule has 1 saturated heterocycles. The molecule has 0 spiro atoms. The largest absolute Gasteiger partial charge is 0.333 e. The molecule has 122 valence electrons. The van der Waals surface area contributed by atoms with Gasteiger partial charge in [-0.25, -0.2) is 4.79 Å². The van der Waals surface area contributed by atoms with E-state index in [2.05, 4.69) is 0 Å². The van der Waals surface area contributed by atoms with Crippen LogP contribution in [0.5, 0.6) is 0 Å². The second kappa shape index (κ2) is 7.08. The number of amides is 2. The molecule has 0 aliphatic carbocycles. The predicted molar refractivity (Wildman–Crippen MR) is 87.4 cm³/mol. The Balaban J connectivity index is 1.60. The van der Waals surface area contributed by atoms with E-state index in [4.69, 9.17) is 4.84 Å². The number of imide groups is 1. The van der Waals surface area contributed by atoms with Crippen molar-refractivity contribution in [3.05, 3.63) is 60.2 Å². The van der Waals surface area contributed by atoms with E-state index in [1.54, 1.807) is 0 Å². The Kier molecular flexibility index (Phi) is 4.70. The first-order valence-electron chi connectivity index (χ1n) is 7.84. The number of hydrogen-bond donors (Lipinski definition) is 0. The molecular weight excluding hydrogens is 306 g/mol. The molecule has 2 amide bonds. The maximum Gasteiger partial charge on any atom is 0.333 e. The molecule has 5 nitrogen and oxygen atoms in total. The maximum absolute atomic E-state index is 11.9. The summed E-state index contributed by atoms with van der Waals surface area (Å²) in [4.78, 5) is 39.6. The molecule has 1 heterocycles. The summed E-state index contributed by atoms with van der Waals surface area (Å²) in [5.41, 5.74) is 3.17. The van der Waals surface area contributed by atoms with Crippen molar-refractivity contribution >= 4 is 17.8 Å². The predicted octanol–water partition coefficient (Wildman–Crippen LogP) is 2.89. The number of rotatable bonds is 5. The van der Waals surface area contributed by atoms with Crippen molar-refractivity contribution in [3.63, 3.8) is 0 Å². The van der Waals surface area contributed by atoms with Crippen LogP contribution in [-0.2, 0) is 25.6 Å². The summed E-state index contributed by atoms with van der Waals surface area (Å²) in [6, 6.07) is 17.9. The van der Waals surface area contributed by atoms with Crippen molar-refractivity contribution in [1.29, 1.82) is 0 Å². The molecule has 2 aromatic rings. The lowest BCUT2D eigenvalue weighted by molar-refractivity contribution is -0.197. The van der Waals surface area contributed by atoms with Crippen LogP contribution in [0.1, 0.15) is 24.8 Å². The van der Waals surface area contributed by atoms with Gasteiger partial charge in [-0.2, -0.15) is 0 Å². The summed E-state index contributed by atoms with van der Waals surface area (Å²) in [6.07, 6.45) is 0.793. The first-order chi connectivity index (χ1) is 11.6. The van der Waals surface area contributed by atoms with E-state index >= 15 is 0 Å². The van der Waals surface area contributed by atoms with Gasteiger partial charge in [0.05, 0.1) is 6.42 Å².